The van der Waals surface area contributed by atoms with E-state index in [1.165, 1.54) is 0 Å². The van der Waals surface area contributed by atoms with E-state index in [2.05, 4.69) is 10.3 Å². The zero-order valence-electron chi connectivity index (χ0n) is 3.18. The largest absolute Gasteiger partial charge is 0.271 e. The predicted molar refractivity (Wildman–Crippen MR) is 17.7 cm³/mol. The second kappa shape index (κ2) is 1.26. The monoisotopic (exact) mass is 86.0 g/mol. The van der Waals surface area contributed by atoms with Gasteiger partial charge in [0.25, 0.3) is 5.91 Å². The Hall–Kier alpha value is -0.570. The van der Waals surface area contributed by atoms with Crippen LogP contribution in [0.15, 0.2) is 0 Å². The zero-order chi connectivity index (χ0) is 4.41. The maximum absolute atomic E-state index is 9.95. The van der Waals surface area contributed by atoms with E-state index in [0.717, 1.165) is 0 Å². The third kappa shape index (κ3) is 0.490. The molecule has 0 atom stereocenters. The molecule has 1 rings (SSSR count). The van der Waals surface area contributed by atoms with Crippen molar-refractivity contribution in [2.75, 3.05) is 6.61 Å². The molecule has 33 valence electrons. The Balaban J connectivity index is 2.37. The number of rotatable bonds is 0. The smallest absolute Gasteiger partial charge is 0.270 e. The van der Waals surface area contributed by atoms with Gasteiger partial charge in [0.05, 0.1) is 13.0 Å². The summed E-state index contributed by atoms with van der Waals surface area (Å²) in [5.74, 6) is -0.144. The van der Waals surface area contributed by atoms with E-state index >= 15 is 0 Å². The first-order valence-corrected chi connectivity index (χ1v) is 1.75. The average Bonchev–Trinajstić information content (AvgIpc) is 1.86. The van der Waals surface area contributed by atoms with Crippen molar-refractivity contribution >= 4 is 5.91 Å². The molecule has 1 aliphatic heterocycles. The van der Waals surface area contributed by atoms with Gasteiger partial charge in [0.2, 0.25) is 0 Å². The molecule has 1 amide bonds. The fourth-order valence-electron chi connectivity index (χ4n) is 0.296. The molecule has 1 aliphatic rings. The van der Waals surface area contributed by atoms with Crippen molar-refractivity contribution < 1.29 is 9.63 Å². The number of amides is 1. The highest BCUT2D eigenvalue weighted by Crippen LogP contribution is 1.89. The van der Waals surface area contributed by atoms with Gasteiger partial charge in [-0.2, -0.15) is 0 Å². The Bertz CT molecular complexity index is 63.2. The Labute approximate surface area is 35.2 Å². The van der Waals surface area contributed by atoms with Crippen LogP contribution >= 0.6 is 0 Å². The molecule has 0 N–H and O–H groups in total. The molecule has 0 aromatic rings. The first-order chi connectivity index (χ1) is 2.89. The van der Waals surface area contributed by atoms with Gasteiger partial charge in [-0.15, -0.1) is 0 Å². The minimum atomic E-state index is -0.144. The highest BCUT2D eigenvalue weighted by atomic mass is 16.7. The molecule has 3 nitrogen and oxygen atoms in total. The van der Waals surface area contributed by atoms with Gasteiger partial charge < -0.3 is 0 Å². The molecule has 0 aromatic heterocycles. The zero-order valence-corrected chi connectivity index (χ0v) is 3.18. The Morgan fingerprint density at radius 2 is 2.67 bits per heavy atom. The van der Waals surface area contributed by atoms with Crippen LogP contribution in [0.25, 0.3) is 0 Å². The van der Waals surface area contributed by atoms with Gasteiger partial charge in [0, 0.05) is 0 Å². The molecule has 1 radical (unpaired) electrons. The van der Waals surface area contributed by atoms with Gasteiger partial charge in [0.1, 0.15) is 0 Å². The van der Waals surface area contributed by atoms with Crippen LogP contribution in [0, 0.1) is 0 Å². The van der Waals surface area contributed by atoms with Crippen molar-refractivity contribution in [2.24, 2.45) is 0 Å². The van der Waals surface area contributed by atoms with E-state index in [0.29, 0.717) is 13.0 Å². The van der Waals surface area contributed by atoms with Gasteiger partial charge in [-0.25, -0.2) is 4.84 Å². The molecule has 1 saturated heterocycles. The molecule has 0 saturated carbocycles. The Kier molecular flexibility index (Phi) is 0.759. The molecular formula is C3H4NO2. The van der Waals surface area contributed by atoms with Crippen LogP contribution in [0.5, 0.6) is 0 Å². The number of hydrogen-bond acceptors (Lipinski definition) is 2. The third-order valence-corrected chi connectivity index (χ3v) is 0.574. The maximum Gasteiger partial charge on any atom is 0.271 e. The van der Waals surface area contributed by atoms with Crippen molar-refractivity contribution in [1.82, 2.24) is 5.48 Å². The fourth-order valence-corrected chi connectivity index (χ4v) is 0.296. The molecule has 3 heteroatoms. The lowest BCUT2D eigenvalue weighted by Crippen LogP contribution is -2.01. The summed E-state index contributed by atoms with van der Waals surface area (Å²) in [7, 11) is 0. The molecular weight excluding hydrogens is 82.0 g/mol. The summed E-state index contributed by atoms with van der Waals surface area (Å²) in [6.45, 7) is 0.471. The standard InChI is InChI=1S/C3H4NO2/c5-3-1-2-6-4-3/h1-2H2. The van der Waals surface area contributed by atoms with E-state index in [9.17, 15) is 4.79 Å². The van der Waals surface area contributed by atoms with Crippen LogP contribution in [0.2, 0.25) is 0 Å². The van der Waals surface area contributed by atoms with Crippen molar-refractivity contribution in [1.29, 1.82) is 0 Å². The minimum absolute atomic E-state index is 0.144. The SMILES string of the molecule is O=C1CCO[N]1. The van der Waals surface area contributed by atoms with Crippen molar-refractivity contribution in [2.45, 2.75) is 6.42 Å². The van der Waals surface area contributed by atoms with E-state index in [-0.39, 0.29) is 5.91 Å². The van der Waals surface area contributed by atoms with Crippen LogP contribution in [0.4, 0.5) is 0 Å². The summed E-state index contributed by atoms with van der Waals surface area (Å²) < 4.78 is 0. The lowest BCUT2D eigenvalue weighted by atomic mass is 10.5. The van der Waals surface area contributed by atoms with Gasteiger partial charge in [-0.05, 0) is 0 Å². The fraction of sp³-hybridized carbons (Fsp3) is 0.667. The molecule has 0 spiro atoms. The van der Waals surface area contributed by atoms with Gasteiger partial charge >= 0.3 is 0 Å². The van der Waals surface area contributed by atoms with E-state index in [1.807, 2.05) is 0 Å². The summed E-state index contributed by atoms with van der Waals surface area (Å²) in [4.78, 5) is 14.3. The topological polar surface area (TPSA) is 40.4 Å². The summed E-state index contributed by atoms with van der Waals surface area (Å²) in [5, 5.41) is 0. The normalized spacial score (nSPS) is 21.0. The van der Waals surface area contributed by atoms with Crippen molar-refractivity contribution in [3.05, 3.63) is 0 Å². The Morgan fingerprint density at radius 3 is 2.83 bits per heavy atom. The highest BCUT2D eigenvalue weighted by Gasteiger charge is 2.09. The second-order valence-electron chi connectivity index (χ2n) is 1.07. The first-order valence-electron chi connectivity index (χ1n) is 1.75. The second-order valence-corrected chi connectivity index (χ2v) is 1.07. The van der Waals surface area contributed by atoms with E-state index in [1.54, 1.807) is 0 Å². The van der Waals surface area contributed by atoms with Crippen LogP contribution in [-0.4, -0.2) is 12.5 Å². The van der Waals surface area contributed by atoms with Crippen LogP contribution in [-0.2, 0) is 9.63 Å². The van der Waals surface area contributed by atoms with Gasteiger partial charge in [-0.3, -0.25) is 4.79 Å². The molecule has 0 aromatic carbocycles. The molecule has 0 bridgehead atoms. The molecule has 0 aliphatic carbocycles. The summed E-state index contributed by atoms with van der Waals surface area (Å²) in [6, 6.07) is 0. The first kappa shape index (κ1) is 3.61. The number of carbonyl (C=O) groups excluding carboxylic acids is 1. The van der Waals surface area contributed by atoms with Crippen LogP contribution in [0.1, 0.15) is 6.42 Å². The molecule has 0 unspecified atom stereocenters. The van der Waals surface area contributed by atoms with Crippen LogP contribution < -0.4 is 5.48 Å². The summed E-state index contributed by atoms with van der Waals surface area (Å²) in [6.07, 6.45) is 0.458. The predicted octanol–water partition coefficient (Wildman–Crippen LogP) is -0.547. The van der Waals surface area contributed by atoms with Gasteiger partial charge in [0.15, 0.2) is 0 Å². The van der Waals surface area contributed by atoms with Crippen molar-refractivity contribution in [3.63, 3.8) is 0 Å². The van der Waals surface area contributed by atoms with Crippen LogP contribution in [0.3, 0.4) is 0 Å². The van der Waals surface area contributed by atoms with E-state index < -0.39 is 0 Å². The summed E-state index contributed by atoms with van der Waals surface area (Å²) in [5.41, 5.74) is 3.10. The summed E-state index contributed by atoms with van der Waals surface area (Å²) >= 11 is 0. The quantitative estimate of drug-likeness (QED) is 0.397. The lowest BCUT2D eigenvalue weighted by molar-refractivity contribution is -0.124. The van der Waals surface area contributed by atoms with E-state index in [4.69, 9.17) is 0 Å². The number of hydroxylamine groups is 1. The molecule has 1 heterocycles. The maximum atomic E-state index is 9.95. The number of nitrogens with zero attached hydrogens (tertiary/aromatic N) is 1. The number of hydrogen-bond donors (Lipinski definition) is 0. The molecule has 6 heavy (non-hydrogen) atoms. The highest BCUT2D eigenvalue weighted by molar-refractivity contribution is 5.75. The minimum Gasteiger partial charge on any atom is -0.270 e. The molecule has 1 fully saturated rings. The van der Waals surface area contributed by atoms with Gasteiger partial charge in [-0.1, -0.05) is 5.48 Å². The number of carbonyl (C=O) groups is 1. The third-order valence-electron chi connectivity index (χ3n) is 0.574. The van der Waals surface area contributed by atoms with Crippen molar-refractivity contribution in [3.8, 4) is 0 Å². The average molecular weight is 86.1 g/mol. The lowest BCUT2D eigenvalue weighted by Gasteiger charge is -1.74. The Morgan fingerprint density at radius 1 is 1.83 bits per heavy atom.